The number of hydrogen-bond acceptors (Lipinski definition) is 2. The highest BCUT2D eigenvalue weighted by molar-refractivity contribution is 6.31. The highest BCUT2D eigenvalue weighted by atomic mass is 35.5. The molecular weight excluding hydrogens is 253 g/mol. The molecule has 2 nitrogen and oxygen atoms in total. The molecule has 0 spiro atoms. The predicted octanol–water partition coefficient (Wildman–Crippen LogP) is 3.16. The van der Waals surface area contributed by atoms with Crippen LogP contribution < -0.4 is 5.73 Å². The van der Waals surface area contributed by atoms with Crippen molar-refractivity contribution in [2.45, 2.75) is 38.3 Å². The molecule has 0 radical (unpaired) electrons. The zero-order chi connectivity index (χ0) is 13.1. The molecule has 2 unspecified atom stereocenters. The van der Waals surface area contributed by atoms with E-state index in [4.69, 9.17) is 22.1 Å². The van der Waals surface area contributed by atoms with Crippen LogP contribution in [0, 0.1) is 11.7 Å². The Labute approximate surface area is 112 Å². The Hall–Kier alpha value is -0.640. The second-order valence-corrected chi connectivity index (χ2v) is 5.27. The third-order valence-electron chi connectivity index (χ3n) is 3.33. The van der Waals surface area contributed by atoms with Crippen molar-refractivity contribution in [2.75, 3.05) is 6.61 Å². The number of ether oxygens (including phenoxy) is 1. The number of benzene rings is 1. The van der Waals surface area contributed by atoms with Crippen molar-refractivity contribution in [3.05, 3.63) is 34.6 Å². The summed E-state index contributed by atoms with van der Waals surface area (Å²) in [5, 5.41) is 0.567. The Kier molecular flexibility index (Phi) is 4.60. The molecule has 2 atom stereocenters. The molecule has 1 saturated carbocycles. The molecule has 4 heteroatoms. The fourth-order valence-corrected chi connectivity index (χ4v) is 2.49. The SMILES string of the molecule is CCOC(C(N)Cc1cc(F)ccc1Cl)C1CC1. The molecule has 0 aliphatic heterocycles. The van der Waals surface area contributed by atoms with Crippen molar-refractivity contribution in [1.82, 2.24) is 0 Å². The van der Waals surface area contributed by atoms with Gasteiger partial charge in [0.2, 0.25) is 0 Å². The van der Waals surface area contributed by atoms with E-state index in [1.807, 2.05) is 6.92 Å². The zero-order valence-corrected chi connectivity index (χ0v) is 11.3. The van der Waals surface area contributed by atoms with Crippen LogP contribution in [0.4, 0.5) is 4.39 Å². The molecule has 1 aliphatic rings. The van der Waals surface area contributed by atoms with Gasteiger partial charge in [-0.3, -0.25) is 0 Å². The molecule has 1 aromatic rings. The fraction of sp³-hybridized carbons (Fsp3) is 0.571. The van der Waals surface area contributed by atoms with Crippen LogP contribution in [-0.4, -0.2) is 18.8 Å². The highest BCUT2D eigenvalue weighted by Crippen LogP contribution is 2.36. The van der Waals surface area contributed by atoms with Gasteiger partial charge < -0.3 is 10.5 Å². The second kappa shape index (κ2) is 6.00. The van der Waals surface area contributed by atoms with Crippen LogP contribution >= 0.6 is 11.6 Å². The molecule has 0 amide bonds. The lowest BCUT2D eigenvalue weighted by atomic mass is 9.99. The van der Waals surface area contributed by atoms with Gasteiger partial charge in [-0.2, -0.15) is 0 Å². The lowest BCUT2D eigenvalue weighted by Crippen LogP contribution is -2.40. The molecule has 100 valence electrons. The summed E-state index contributed by atoms with van der Waals surface area (Å²) in [7, 11) is 0. The van der Waals surface area contributed by atoms with Gasteiger partial charge >= 0.3 is 0 Å². The van der Waals surface area contributed by atoms with Crippen molar-refractivity contribution in [1.29, 1.82) is 0 Å². The fourth-order valence-electron chi connectivity index (χ4n) is 2.30. The van der Waals surface area contributed by atoms with Gasteiger partial charge in [0.25, 0.3) is 0 Å². The maximum absolute atomic E-state index is 13.2. The largest absolute Gasteiger partial charge is 0.377 e. The van der Waals surface area contributed by atoms with Crippen molar-refractivity contribution in [3.63, 3.8) is 0 Å². The van der Waals surface area contributed by atoms with E-state index in [0.29, 0.717) is 24.0 Å². The monoisotopic (exact) mass is 271 g/mol. The lowest BCUT2D eigenvalue weighted by molar-refractivity contribution is 0.0288. The molecule has 0 saturated heterocycles. The third-order valence-corrected chi connectivity index (χ3v) is 3.70. The summed E-state index contributed by atoms with van der Waals surface area (Å²) in [6.45, 7) is 2.63. The lowest BCUT2D eigenvalue weighted by Gasteiger charge is -2.24. The average molecular weight is 272 g/mol. The molecule has 18 heavy (non-hydrogen) atoms. The Balaban J connectivity index is 2.04. The molecule has 0 heterocycles. The topological polar surface area (TPSA) is 35.2 Å². The maximum atomic E-state index is 13.2. The minimum atomic E-state index is -0.277. The summed E-state index contributed by atoms with van der Waals surface area (Å²) in [5.74, 6) is 0.285. The average Bonchev–Trinajstić information content (AvgIpc) is 3.14. The van der Waals surface area contributed by atoms with Gasteiger partial charge in [0.1, 0.15) is 5.82 Å². The third kappa shape index (κ3) is 3.44. The normalized spacial score (nSPS) is 18.7. The standard InChI is InChI=1S/C14H19ClFNO/c1-2-18-14(9-3-4-9)13(17)8-10-7-11(16)5-6-12(10)15/h5-7,9,13-14H,2-4,8,17H2,1H3. The first-order valence-electron chi connectivity index (χ1n) is 6.43. The van der Waals surface area contributed by atoms with Gasteiger partial charge in [0.15, 0.2) is 0 Å². The molecule has 1 aromatic carbocycles. The first-order chi connectivity index (χ1) is 8.61. The summed E-state index contributed by atoms with van der Waals surface area (Å²) in [6.07, 6.45) is 2.97. The van der Waals surface area contributed by atoms with Gasteiger partial charge in [-0.05, 0) is 55.9 Å². The highest BCUT2D eigenvalue weighted by Gasteiger charge is 2.35. The molecule has 1 fully saturated rings. The minimum Gasteiger partial charge on any atom is -0.377 e. The number of halogens is 2. The van der Waals surface area contributed by atoms with E-state index in [1.165, 1.54) is 25.0 Å². The van der Waals surface area contributed by atoms with Gasteiger partial charge in [-0.1, -0.05) is 11.6 Å². The van der Waals surface area contributed by atoms with Crippen LogP contribution in [-0.2, 0) is 11.2 Å². The molecule has 0 aromatic heterocycles. The smallest absolute Gasteiger partial charge is 0.123 e. The summed E-state index contributed by atoms with van der Waals surface area (Å²) >= 11 is 6.05. The van der Waals surface area contributed by atoms with E-state index in [0.717, 1.165) is 5.56 Å². The molecule has 2 rings (SSSR count). The van der Waals surface area contributed by atoms with Gasteiger partial charge in [0.05, 0.1) is 6.10 Å². The van der Waals surface area contributed by atoms with Crippen LogP contribution in [0.2, 0.25) is 5.02 Å². The van der Waals surface area contributed by atoms with Crippen molar-refractivity contribution < 1.29 is 9.13 Å². The van der Waals surface area contributed by atoms with E-state index >= 15 is 0 Å². The minimum absolute atomic E-state index is 0.0642. The summed E-state index contributed by atoms with van der Waals surface area (Å²) in [4.78, 5) is 0. The van der Waals surface area contributed by atoms with Crippen molar-refractivity contribution in [3.8, 4) is 0 Å². The molecular formula is C14H19ClFNO. The first kappa shape index (κ1) is 13.8. The number of hydrogen-bond donors (Lipinski definition) is 1. The molecule has 2 N–H and O–H groups in total. The van der Waals surface area contributed by atoms with Gasteiger partial charge in [-0.15, -0.1) is 0 Å². The van der Waals surface area contributed by atoms with Crippen LogP contribution in [0.1, 0.15) is 25.3 Å². The van der Waals surface area contributed by atoms with E-state index in [9.17, 15) is 4.39 Å². The predicted molar refractivity (Wildman–Crippen MR) is 71.2 cm³/mol. The summed E-state index contributed by atoms with van der Waals surface area (Å²) in [5.41, 5.74) is 6.95. The van der Waals surface area contributed by atoms with Gasteiger partial charge in [0, 0.05) is 17.7 Å². The maximum Gasteiger partial charge on any atom is 0.123 e. The van der Waals surface area contributed by atoms with E-state index in [2.05, 4.69) is 0 Å². The van der Waals surface area contributed by atoms with Crippen LogP contribution in [0.3, 0.4) is 0 Å². The summed E-state index contributed by atoms with van der Waals surface area (Å²) in [6, 6.07) is 4.26. The summed E-state index contributed by atoms with van der Waals surface area (Å²) < 4.78 is 18.9. The van der Waals surface area contributed by atoms with Crippen LogP contribution in [0.25, 0.3) is 0 Å². The van der Waals surface area contributed by atoms with Crippen LogP contribution in [0.5, 0.6) is 0 Å². The first-order valence-corrected chi connectivity index (χ1v) is 6.80. The molecule has 1 aliphatic carbocycles. The van der Waals surface area contributed by atoms with E-state index < -0.39 is 0 Å². The quantitative estimate of drug-likeness (QED) is 0.863. The van der Waals surface area contributed by atoms with Crippen LogP contribution in [0.15, 0.2) is 18.2 Å². The second-order valence-electron chi connectivity index (χ2n) is 4.86. The Morgan fingerprint density at radius 2 is 2.22 bits per heavy atom. The number of nitrogens with two attached hydrogens (primary N) is 1. The Morgan fingerprint density at radius 1 is 1.50 bits per heavy atom. The zero-order valence-electron chi connectivity index (χ0n) is 10.5. The van der Waals surface area contributed by atoms with Gasteiger partial charge in [-0.25, -0.2) is 4.39 Å². The number of rotatable bonds is 6. The van der Waals surface area contributed by atoms with Crippen molar-refractivity contribution in [2.24, 2.45) is 11.7 Å². The molecule has 0 bridgehead atoms. The Bertz CT molecular complexity index is 409. The van der Waals surface area contributed by atoms with E-state index in [1.54, 1.807) is 6.07 Å². The Morgan fingerprint density at radius 3 is 2.83 bits per heavy atom. The van der Waals surface area contributed by atoms with E-state index in [-0.39, 0.29) is 18.0 Å². The van der Waals surface area contributed by atoms with Crippen molar-refractivity contribution >= 4 is 11.6 Å².